The van der Waals surface area contributed by atoms with Gasteiger partial charge in [-0.3, -0.25) is 9.69 Å². The van der Waals surface area contributed by atoms with Crippen LogP contribution in [0.15, 0.2) is 0 Å². The summed E-state index contributed by atoms with van der Waals surface area (Å²) < 4.78 is 0. The van der Waals surface area contributed by atoms with Crippen molar-refractivity contribution in [2.24, 2.45) is 0 Å². The molecule has 1 amide bonds. The minimum atomic E-state index is 0.338. The summed E-state index contributed by atoms with van der Waals surface area (Å²) in [5, 5.41) is 0. The predicted molar refractivity (Wildman–Crippen MR) is 85.0 cm³/mol. The van der Waals surface area contributed by atoms with Crippen LogP contribution in [0.4, 0.5) is 0 Å². The molecule has 1 rings (SSSR count). The highest BCUT2D eigenvalue weighted by Crippen LogP contribution is 2.08. The Morgan fingerprint density at radius 1 is 1.00 bits per heavy atom. The number of unbranched alkanes of at least 4 members (excludes halogenated alkanes) is 2. The van der Waals surface area contributed by atoms with Crippen molar-refractivity contribution in [2.75, 3.05) is 53.4 Å². The van der Waals surface area contributed by atoms with Gasteiger partial charge in [-0.1, -0.05) is 13.3 Å². The summed E-state index contributed by atoms with van der Waals surface area (Å²) in [5.41, 5.74) is 0. The largest absolute Gasteiger partial charge is 0.342 e. The minimum Gasteiger partial charge on any atom is -0.342 e. The summed E-state index contributed by atoms with van der Waals surface area (Å²) in [6.45, 7) is 8.02. The van der Waals surface area contributed by atoms with E-state index in [0.717, 1.165) is 52.0 Å². The van der Waals surface area contributed by atoms with E-state index in [1.807, 2.05) is 0 Å². The van der Waals surface area contributed by atoms with Gasteiger partial charge in [-0.2, -0.15) is 0 Å². The lowest BCUT2D eigenvalue weighted by atomic mass is 10.2. The second-order valence-corrected chi connectivity index (χ2v) is 6.23. The van der Waals surface area contributed by atoms with Crippen molar-refractivity contribution in [2.45, 2.75) is 45.4 Å². The molecule has 1 aliphatic heterocycles. The number of amides is 1. The van der Waals surface area contributed by atoms with Crippen molar-refractivity contribution in [1.29, 1.82) is 0 Å². The number of hydrogen-bond acceptors (Lipinski definition) is 3. The SMILES string of the molecule is CCCCN(CCCCN(C)C)C(=O)CN1CCCC1. The molecule has 0 aliphatic carbocycles. The van der Waals surface area contributed by atoms with Crippen molar-refractivity contribution < 1.29 is 4.79 Å². The first-order valence-corrected chi connectivity index (χ1v) is 8.28. The first-order valence-electron chi connectivity index (χ1n) is 8.28. The third-order valence-electron chi connectivity index (χ3n) is 3.98. The molecule has 0 bridgehead atoms. The molecule has 1 fully saturated rings. The van der Waals surface area contributed by atoms with Gasteiger partial charge < -0.3 is 9.80 Å². The van der Waals surface area contributed by atoms with Gasteiger partial charge in [0.1, 0.15) is 0 Å². The van der Waals surface area contributed by atoms with Gasteiger partial charge in [0.05, 0.1) is 6.54 Å². The van der Waals surface area contributed by atoms with E-state index >= 15 is 0 Å². The lowest BCUT2D eigenvalue weighted by molar-refractivity contribution is -0.132. The highest BCUT2D eigenvalue weighted by Gasteiger charge is 2.19. The fourth-order valence-corrected chi connectivity index (χ4v) is 2.67. The van der Waals surface area contributed by atoms with Crippen LogP contribution < -0.4 is 0 Å². The molecule has 0 N–H and O–H groups in total. The Kier molecular flexibility index (Phi) is 8.86. The molecule has 0 radical (unpaired) electrons. The number of carbonyl (C=O) groups is 1. The van der Waals surface area contributed by atoms with Crippen LogP contribution in [-0.2, 0) is 4.79 Å². The summed E-state index contributed by atoms with van der Waals surface area (Å²) in [7, 11) is 4.21. The standard InChI is InChI=1S/C16H33N3O/c1-4-5-13-19(14-9-6-10-17(2)3)16(20)15-18-11-7-8-12-18/h4-15H2,1-3H3. The highest BCUT2D eigenvalue weighted by atomic mass is 16.2. The number of hydrogen-bond donors (Lipinski definition) is 0. The smallest absolute Gasteiger partial charge is 0.236 e. The van der Waals surface area contributed by atoms with E-state index in [-0.39, 0.29) is 0 Å². The van der Waals surface area contributed by atoms with Crippen LogP contribution in [0.25, 0.3) is 0 Å². The zero-order valence-corrected chi connectivity index (χ0v) is 13.7. The summed E-state index contributed by atoms with van der Waals surface area (Å²) in [4.78, 5) is 19.0. The zero-order chi connectivity index (χ0) is 14.8. The second kappa shape index (κ2) is 10.2. The van der Waals surface area contributed by atoms with Crippen LogP contribution in [0.5, 0.6) is 0 Å². The first-order chi connectivity index (χ1) is 9.63. The van der Waals surface area contributed by atoms with Gasteiger partial charge in [0.15, 0.2) is 0 Å². The van der Waals surface area contributed by atoms with Crippen molar-refractivity contribution in [1.82, 2.24) is 14.7 Å². The van der Waals surface area contributed by atoms with E-state index < -0.39 is 0 Å². The molecular weight excluding hydrogens is 250 g/mol. The number of rotatable bonds is 10. The Morgan fingerprint density at radius 2 is 1.60 bits per heavy atom. The fourth-order valence-electron chi connectivity index (χ4n) is 2.67. The second-order valence-electron chi connectivity index (χ2n) is 6.23. The maximum Gasteiger partial charge on any atom is 0.236 e. The Balaban J connectivity index is 2.30. The van der Waals surface area contributed by atoms with E-state index in [1.165, 1.54) is 19.3 Å². The maximum absolute atomic E-state index is 12.4. The van der Waals surface area contributed by atoms with Crippen molar-refractivity contribution >= 4 is 5.91 Å². The van der Waals surface area contributed by atoms with Crippen LogP contribution in [-0.4, -0.2) is 74.0 Å². The van der Waals surface area contributed by atoms with E-state index in [9.17, 15) is 4.79 Å². The van der Waals surface area contributed by atoms with Gasteiger partial charge in [-0.15, -0.1) is 0 Å². The molecule has 0 spiro atoms. The average Bonchev–Trinajstić information content (AvgIpc) is 2.90. The monoisotopic (exact) mass is 283 g/mol. The molecule has 0 unspecified atom stereocenters. The highest BCUT2D eigenvalue weighted by molar-refractivity contribution is 5.78. The molecule has 4 nitrogen and oxygen atoms in total. The lowest BCUT2D eigenvalue weighted by Gasteiger charge is -2.25. The van der Waals surface area contributed by atoms with E-state index in [0.29, 0.717) is 12.5 Å². The quantitative estimate of drug-likeness (QED) is 0.574. The van der Waals surface area contributed by atoms with E-state index in [4.69, 9.17) is 0 Å². The van der Waals surface area contributed by atoms with Crippen molar-refractivity contribution in [3.63, 3.8) is 0 Å². The molecule has 0 saturated carbocycles. The zero-order valence-electron chi connectivity index (χ0n) is 13.7. The Morgan fingerprint density at radius 3 is 2.20 bits per heavy atom. The van der Waals surface area contributed by atoms with Crippen LogP contribution in [0, 0.1) is 0 Å². The van der Waals surface area contributed by atoms with Crippen molar-refractivity contribution in [3.05, 3.63) is 0 Å². The van der Waals surface area contributed by atoms with Gasteiger partial charge in [0, 0.05) is 13.1 Å². The van der Waals surface area contributed by atoms with Crippen LogP contribution in [0.2, 0.25) is 0 Å². The maximum atomic E-state index is 12.4. The van der Waals surface area contributed by atoms with Gasteiger partial charge in [0.2, 0.25) is 5.91 Å². The number of nitrogens with zero attached hydrogens (tertiary/aromatic N) is 3. The summed E-state index contributed by atoms with van der Waals surface area (Å²) in [6.07, 6.45) is 7.08. The molecule has 1 saturated heterocycles. The molecule has 1 aliphatic rings. The molecule has 1 heterocycles. The van der Waals surface area contributed by atoms with Gasteiger partial charge in [0.25, 0.3) is 0 Å². The van der Waals surface area contributed by atoms with Gasteiger partial charge in [-0.05, 0) is 65.8 Å². The molecule has 4 heteroatoms. The third-order valence-corrected chi connectivity index (χ3v) is 3.98. The molecule has 0 atom stereocenters. The van der Waals surface area contributed by atoms with Crippen molar-refractivity contribution in [3.8, 4) is 0 Å². The van der Waals surface area contributed by atoms with Crippen LogP contribution in [0.3, 0.4) is 0 Å². The first kappa shape index (κ1) is 17.4. The molecule has 118 valence electrons. The molecule has 0 aromatic rings. The molecular formula is C16H33N3O. The summed E-state index contributed by atoms with van der Waals surface area (Å²) >= 11 is 0. The van der Waals surface area contributed by atoms with Gasteiger partial charge in [-0.25, -0.2) is 0 Å². The number of carbonyl (C=O) groups excluding carboxylic acids is 1. The predicted octanol–water partition coefficient (Wildman–Crippen LogP) is 2.05. The van der Waals surface area contributed by atoms with E-state index in [1.54, 1.807) is 0 Å². The molecule has 0 aromatic carbocycles. The molecule has 20 heavy (non-hydrogen) atoms. The molecule has 0 aromatic heterocycles. The minimum absolute atomic E-state index is 0.338. The Bertz CT molecular complexity index is 262. The lowest BCUT2D eigenvalue weighted by Crippen LogP contribution is -2.40. The van der Waals surface area contributed by atoms with Gasteiger partial charge >= 0.3 is 0 Å². The Hall–Kier alpha value is -0.610. The average molecular weight is 283 g/mol. The fraction of sp³-hybridized carbons (Fsp3) is 0.938. The normalized spacial score (nSPS) is 16.0. The topological polar surface area (TPSA) is 26.8 Å². The third kappa shape index (κ3) is 7.25. The number of likely N-dealkylation sites (tertiary alicyclic amines) is 1. The van der Waals surface area contributed by atoms with E-state index in [2.05, 4.69) is 35.7 Å². The van der Waals surface area contributed by atoms with Crippen LogP contribution in [0.1, 0.15) is 45.4 Å². The Labute approximate surface area is 125 Å². The summed E-state index contributed by atoms with van der Waals surface area (Å²) in [5.74, 6) is 0.338. The summed E-state index contributed by atoms with van der Waals surface area (Å²) in [6, 6.07) is 0. The van der Waals surface area contributed by atoms with Crippen LogP contribution >= 0.6 is 0 Å².